The van der Waals surface area contributed by atoms with Crippen molar-refractivity contribution in [2.45, 2.75) is 103 Å². The average Bonchev–Trinajstić information content (AvgIpc) is 2.62. The third-order valence-corrected chi connectivity index (χ3v) is 5.21. The predicted octanol–water partition coefficient (Wildman–Crippen LogP) is 8.06. The van der Waals surface area contributed by atoms with Gasteiger partial charge in [-0.2, -0.15) is 0 Å². The van der Waals surface area contributed by atoms with Gasteiger partial charge in [-0.1, -0.05) is 127 Å². The molecule has 0 amide bonds. The van der Waals surface area contributed by atoms with Gasteiger partial charge in [0.05, 0.1) is 0 Å². The first kappa shape index (κ1) is 21.4. The van der Waals surface area contributed by atoms with Crippen LogP contribution >= 0.6 is 12.2 Å². The quantitative estimate of drug-likeness (QED) is 0.215. The molecule has 0 N–H and O–H groups in total. The van der Waals surface area contributed by atoms with E-state index in [1.165, 1.54) is 102 Å². The molecule has 0 spiro atoms. The van der Waals surface area contributed by atoms with Crippen LogP contribution in [0.2, 0.25) is 0 Å². The lowest BCUT2D eigenvalue weighted by Gasteiger charge is -2.04. The lowest BCUT2D eigenvalue weighted by molar-refractivity contribution is 0.535. The minimum atomic E-state index is 1.15. The molecular weight excluding hydrogens is 308 g/mol. The summed E-state index contributed by atoms with van der Waals surface area (Å²) in [6.07, 6.45) is 21.2. The minimum Gasteiger partial charge on any atom is -0.0881 e. The summed E-state index contributed by atoms with van der Waals surface area (Å²) in [5, 5.41) is 1.75. The SMILES string of the molecule is CCCCCCCCCCCCCCCCc1ccc(C=S)cc1. The molecule has 0 fully saturated rings. The van der Waals surface area contributed by atoms with Crippen molar-refractivity contribution in [2.24, 2.45) is 0 Å². The van der Waals surface area contributed by atoms with Crippen LogP contribution in [0.1, 0.15) is 108 Å². The van der Waals surface area contributed by atoms with E-state index >= 15 is 0 Å². The lowest BCUT2D eigenvalue weighted by atomic mass is 10.0. The van der Waals surface area contributed by atoms with Crippen molar-refractivity contribution >= 4 is 17.6 Å². The van der Waals surface area contributed by atoms with Gasteiger partial charge in [0.15, 0.2) is 0 Å². The smallest absolute Gasteiger partial charge is 0.00861 e. The molecule has 0 unspecified atom stereocenters. The zero-order chi connectivity index (χ0) is 17.3. The zero-order valence-electron chi connectivity index (χ0n) is 15.9. The standard InChI is InChI=1S/C23H38S/c1-2-3-4-5-6-7-8-9-10-11-12-13-14-15-16-22-17-19-23(21-24)20-18-22/h17-21H,2-16H2,1H3. The molecule has 0 aliphatic rings. The molecule has 0 aromatic heterocycles. The molecule has 1 heteroatoms. The van der Waals surface area contributed by atoms with Crippen molar-refractivity contribution in [3.63, 3.8) is 0 Å². The molecule has 0 saturated heterocycles. The maximum atomic E-state index is 4.94. The van der Waals surface area contributed by atoms with Gasteiger partial charge in [-0.15, -0.1) is 0 Å². The first-order valence-electron chi connectivity index (χ1n) is 10.4. The number of benzene rings is 1. The van der Waals surface area contributed by atoms with E-state index in [0.29, 0.717) is 0 Å². The number of rotatable bonds is 16. The predicted molar refractivity (Wildman–Crippen MR) is 113 cm³/mol. The molecule has 0 bridgehead atoms. The molecule has 1 aromatic carbocycles. The van der Waals surface area contributed by atoms with Crippen LogP contribution in [0.5, 0.6) is 0 Å². The Morgan fingerprint density at radius 2 is 1.04 bits per heavy atom. The van der Waals surface area contributed by atoms with E-state index in [-0.39, 0.29) is 0 Å². The Morgan fingerprint density at radius 3 is 1.46 bits per heavy atom. The molecule has 24 heavy (non-hydrogen) atoms. The first-order chi connectivity index (χ1) is 11.9. The van der Waals surface area contributed by atoms with E-state index < -0.39 is 0 Å². The van der Waals surface area contributed by atoms with Crippen LogP contribution in [0.3, 0.4) is 0 Å². The fourth-order valence-electron chi connectivity index (χ4n) is 3.29. The van der Waals surface area contributed by atoms with Crippen molar-refractivity contribution in [1.82, 2.24) is 0 Å². The largest absolute Gasteiger partial charge is 0.0881 e. The fourth-order valence-corrected chi connectivity index (χ4v) is 3.44. The van der Waals surface area contributed by atoms with Crippen LogP contribution < -0.4 is 0 Å². The molecule has 0 heterocycles. The summed E-state index contributed by atoms with van der Waals surface area (Å²) in [5.74, 6) is 0. The average molecular weight is 347 g/mol. The summed E-state index contributed by atoms with van der Waals surface area (Å²) in [4.78, 5) is 0. The van der Waals surface area contributed by atoms with E-state index in [9.17, 15) is 0 Å². The van der Waals surface area contributed by atoms with Crippen LogP contribution in [-0.2, 0) is 6.42 Å². The minimum absolute atomic E-state index is 1.15. The molecule has 0 aliphatic carbocycles. The van der Waals surface area contributed by atoms with Gasteiger partial charge >= 0.3 is 0 Å². The highest BCUT2D eigenvalue weighted by atomic mass is 32.1. The molecule has 0 aliphatic heterocycles. The van der Waals surface area contributed by atoms with Crippen molar-refractivity contribution in [2.75, 3.05) is 0 Å². The number of unbranched alkanes of at least 4 members (excludes halogenated alkanes) is 13. The van der Waals surface area contributed by atoms with Crippen LogP contribution in [0.15, 0.2) is 24.3 Å². The van der Waals surface area contributed by atoms with Crippen LogP contribution in [0.25, 0.3) is 0 Å². The van der Waals surface area contributed by atoms with Gasteiger partial charge in [0, 0.05) is 5.37 Å². The molecule has 1 rings (SSSR count). The van der Waals surface area contributed by atoms with Crippen molar-refractivity contribution < 1.29 is 0 Å². The maximum absolute atomic E-state index is 4.94. The highest BCUT2D eigenvalue weighted by Crippen LogP contribution is 2.14. The third-order valence-electron chi connectivity index (χ3n) is 4.93. The molecule has 0 nitrogen and oxygen atoms in total. The van der Waals surface area contributed by atoms with E-state index in [0.717, 1.165) is 5.56 Å². The zero-order valence-corrected chi connectivity index (χ0v) is 16.7. The van der Waals surface area contributed by atoms with Crippen molar-refractivity contribution in [3.8, 4) is 0 Å². The number of aryl methyl sites for hydroxylation is 1. The Bertz CT molecular complexity index is 393. The lowest BCUT2D eigenvalue weighted by Crippen LogP contribution is -1.88. The van der Waals surface area contributed by atoms with E-state index in [1.54, 1.807) is 5.37 Å². The van der Waals surface area contributed by atoms with E-state index in [1.807, 2.05) is 0 Å². The maximum Gasteiger partial charge on any atom is 0.00861 e. The Morgan fingerprint density at radius 1 is 0.625 bits per heavy atom. The summed E-state index contributed by atoms with van der Waals surface area (Å²) >= 11 is 4.94. The molecule has 0 atom stereocenters. The van der Waals surface area contributed by atoms with Gasteiger partial charge in [0.2, 0.25) is 0 Å². The van der Waals surface area contributed by atoms with E-state index in [4.69, 9.17) is 12.2 Å². The van der Waals surface area contributed by atoms with Gasteiger partial charge in [-0.3, -0.25) is 0 Å². The monoisotopic (exact) mass is 346 g/mol. The summed E-state index contributed by atoms with van der Waals surface area (Å²) < 4.78 is 0. The highest BCUT2D eigenvalue weighted by molar-refractivity contribution is 7.79. The van der Waals surface area contributed by atoms with Crippen LogP contribution in [0, 0.1) is 0 Å². The molecule has 0 saturated carbocycles. The Balaban J connectivity index is 1.81. The second kappa shape index (κ2) is 15.8. The van der Waals surface area contributed by atoms with Gasteiger partial charge < -0.3 is 0 Å². The van der Waals surface area contributed by atoms with Gasteiger partial charge in [0.1, 0.15) is 0 Å². The second-order valence-corrected chi connectivity index (χ2v) is 7.44. The highest BCUT2D eigenvalue weighted by Gasteiger charge is 1.96. The molecule has 136 valence electrons. The molecule has 0 radical (unpaired) electrons. The van der Waals surface area contributed by atoms with Gasteiger partial charge in [-0.05, 0) is 24.0 Å². The molecular formula is C23H38S. The van der Waals surface area contributed by atoms with Crippen molar-refractivity contribution in [3.05, 3.63) is 35.4 Å². The topological polar surface area (TPSA) is 0 Å². The summed E-state index contributed by atoms with van der Waals surface area (Å²) in [6.45, 7) is 2.29. The van der Waals surface area contributed by atoms with Crippen LogP contribution in [-0.4, -0.2) is 5.37 Å². The van der Waals surface area contributed by atoms with Gasteiger partial charge in [0.25, 0.3) is 0 Å². The summed E-state index contributed by atoms with van der Waals surface area (Å²) in [7, 11) is 0. The number of hydrogen-bond acceptors (Lipinski definition) is 1. The third kappa shape index (κ3) is 11.8. The number of thiocarbonyl (C=S) groups is 1. The second-order valence-electron chi connectivity index (χ2n) is 7.21. The Kier molecular flexibility index (Phi) is 14.1. The Labute approximate surface area is 156 Å². The van der Waals surface area contributed by atoms with Crippen LogP contribution in [0.4, 0.5) is 0 Å². The molecule has 1 aromatic rings. The summed E-state index contributed by atoms with van der Waals surface area (Å²) in [6, 6.07) is 8.71. The Hall–Kier alpha value is -0.690. The van der Waals surface area contributed by atoms with Crippen molar-refractivity contribution in [1.29, 1.82) is 0 Å². The first-order valence-corrected chi connectivity index (χ1v) is 10.9. The van der Waals surface area contributed by atoms with Gasteiger partial charge in [-0.25, -0.2) is 0 Å². The van der Waals surface area contributed by atoms with E-state index in [2.05, 4.69) is 31.2 Å². The normalized spacial score (nSPS) is 10.9. The fraction of sp³-hybridized carbons (Fsp3) is 0.696. The number of hydrogen-bond donors (Lipinski definition) is 0. The summed E-state index contributed by atoms with van der Waals surface area (Å²) in [5.41, 5.74) is 2.60.